The van der Waals surface area contributed by atoms with Crippen molar-refractivity contribution in [1.29, 1.82) is 0 Å². The van der Waals surface area contributed by atoms with Crippen LogP contribution in [0.5, 0.6) is 5.75 Å². The lowest BCUT2D eigenvalue weighted by molar-refractivity contribution is -0.150. The minimum atomic E-state index is -1.64. The number of phenolic OH excluding ortho intramolecular Hbond substituents is 1. The summed E-state index contributed by atoms with van der Waals surface area (Å²) < 4.78 is 9.47. The van der Waals surface area contributed by atoms with Crippen LogP contribution in [0.3, 0.4) is 0 Å². The SMILES string of the molecule is COC(=O)C(O)c1cc(NC(=O)OC(C)(C)C)ccc1O. The van der Waals surface area contributed by atoms with Gasteiger partial charge in [0.15, 0.2) is 6.10 Å². The van der Waals surface area contributed by atoms with Crippen molar-refractivity contribution < 1.29 is 29.3 Å². The summed E-state index contributed by atoms with van der Waals surface area (Å²) >= 11 is 0. The van der Waals surface area contributed by atoms with Crippen LogP contribution in [-0.4, -0.2) is 35.0 Å². The molecule has 0 radical (unpaired) electrons. The maximum atomic E-state index is 11.6. The fourth-order valence-electron chi connectivity index (χ4n) is 1.51. The van der Waals surface area contributed by atoms with E-state index >= 15 is 0 Å². The van der Waals surface area contributed by atoms with Crippen LogP contribution in [-0.2, 0) is 14.3 Å². The second-order valence-electron chi connectivity index (χ2n) is 5.33. The molecule has 1 aromatic carbocycles. The molecule has 1 rings (SSSR count). The highest BCUT2D eigenvalue weighted by Gasteiger charge is 2.22. The average Bonchev–Trinajstić information content (AvgIpc) is 2.37. The van der Waals surface area contributed by atoms with Crippen LogP contribution in [0.1, 0.15) is 32.4 Å². The van der Waals surface area contributed by atoms with Crippen molar-refractivity contribution in [3.05, 3.63) is 23.8 Å². The van der Waals surface area contributed by atoms with Crippen LogP contribution < -0.4 is 5.32 Å². The average molecular weight is 297 g/mol. The van der Waals surface area contributed by atoms with Crippen molar-refractivity contribution in [1.82, 2.24) is 0 Å². The standard InChI is InChI=1S/C14H19NO6/c1-14(2,3)21-13(19)15-8-5-6-10(16)9(7-8)11(17)12(18)20-4/h5-7,11,16-17H,1-4H3,(H,15,19). The molecule has 0 saturated heterocycles. The predicted molar refractivity (Wildman–Crippen MR) is 74.9 cm³/mol. The first-order valence-corrected chi connectivity index (χ1v) is 6.23. The van der Waals surface area contributed by atoms with E-state index in [1.807, 2.05) is 0 Å². The van der Waals surface area contributed by atoms with Crippen LogP contribution in [0.2, 0.25) is 0 Å². The summed E-state index contributed by atoms with van der Waals surface area (Å²) in [6, 6.07) is 3.92. The minimum Gasteiger partial charge on any atom is -0.508 e. The number of aromatic hydroxyl groups is 1. The summed E-state index contributed by atoms with van der Waals surface area (Å²) in [5.41, 5.74) is -0.467. The first-order chi connectivity index (χ1) is 9.64. The molecule has 1 unspecified atom stereocenters. The molecule has 0 aliphatic rings. The third-order valence-corrected chi connectivity index (χ3v) is 2.39. The number of carbonyl (C=O) groups excluding carboxylic acids is 2. The zero-order chi connectivity index (χ0) is 16.2. The number of esters is 1. The normalized spacial score (nSPS) is 12.4. The Morgan fingerprint density at radius 3 is 2.43 bits per heavy atom. The highest BCUT2D eigenvalue weighted by atomic mass is 16.6. The van der Waals surface area contributed by atoms with Gasteiger partial charge in [-0.05, 0) is 39.0 Å². The molecule has 3 N–H and O–H groups in total. The Morgan fingerprint density at radius 1 is 1.29 bits per heavy atom. The van der Waals surface area contributed by atoms with Crippen molar-refractivity contribution in [2.75, 3.05) is 12.4 Å². The van der Waals surface area contributed by atoms with Crippen molar-refractivity contribution in [3.8, 4) is 5.75 Å². The minimum absolute atomic E-state index is 0.0737. The topological polar surface area (TPSA) is 105 Å². The monoisotopic (exact) mass is 297 g/mol. The summed E-state index contributed by atoms with van der Waals surface area (Å²) in [5, 5.41) is 21.8. The van der Waals surface area contributed by atoms with Gasteiger partial charge >= 0.3 is 12.1 Å². The molecule has 0 spiro atoms. The molecular formula is C14H19NO6. The molecule has 1 atom stereocenters. The highest BCUT2D eigenvalue weighted by Crippen LogP contribution is 2.28. The number of anilines is 1. The number of methoxy groups -OCH3 is 1. The molecule has 0 heterocycles. The lowest BCUT2D eigenvalue weighted by Crippen LogP contribution is -2.27. The maximum absolute atomic E-state index is 11.6. The second-order valence-corrected chi connectivity index (χ2v) is 5.33. The van der Waals surface area contributed by atoms with Gasteiger partial charge in [0.25, 0.3) is 0 Å². The Bertz CT molecular complexity index is 535. The Kier molecular flexibility index (Phi) is 5.15. The molecule has 21 heavy (non-hydrogen) atoms. The summed E-state index contributed by atoms with van der Waals surface area (Å²) in [7, 11) is 1.12. The largest absolute Gasteiger partial charge is 0.508 e. The molecule has 1 amide bonds. The van der Waals surface area contributed by atoms with Gasteiger partial charge in [0.05, 0.1) is 7.11 Å². The summed E-state index contributed by atoms with van der Waals surface area (Å²) in [6.45, 7) is 5.15. The van der Waals surface area contributed by atoms with Gasteiger partial charge in [-0.25, -0.2) is 9.59 Å². The van der Waals surface area contributed by atoms with E-state index in [9.17, 15) is 19.8 Å². The molecule has 0 aliphatic carbocycles. The van der Waals surface area contributed by atoms with E-state index < -0.39 is 23.8 Å². The van der Waals surface area contributed by atoms with Gasteiger partial charge < -0.3 is 19.7 Å². The molecule has 1 aromatic rings. The quantitative estimate of drug-likeness (QED) is 0.581. The van der Waals surface area contributed by atoms with Crippen molar-refractivity contribution in [3.63, 3.8) is 0 Å². The molecule has 0 saturated carbocycles. The molecule has 7 nitrogen and oxygen atoms in total. The van der Waals surface area contributed by atoms with Gasteiger partial charge in [-0.3, -0.25) is 5.32 Å². The van der Waals surface area contributed by atoms with Crippen LogP contribution in [0.4, 0.5) is 10.5 Å². The highest BCUT2D eigenvalue weighted by molar-refractivity contribution is 5.86. The Morgan fingerprint density at radius 2 is 1.90 bits per heavy atom. The second kappa shape index (κ2) is 6.45. The lowest BCUT2D eigenvalue weighted by atomic mass is 10.1. The molecule has 0 aromatic heterocycles. The van der Waals surface area contributed by atoms with E-state index in [4.69, 9.17) is 4.74 Å². The number of nitrogens with one attached hydrogen (secondary N) is 1. The molecule has 7 heteroatoms. The van der Waals surface area contributed by atoms with Crippen molar-refractivity contribution in [2.24, 2.45) is 0 Å². The van der Waals surface area contributed by atoms with Crippen LogP contribution in [0, 0.1) is 0 Å². The molecule has 0 fully saturated rings. The number of aliphatic hydroxyl groups is 1. The smallest absolute Gasteiger partial charge is 0.412 e. The third-order valence-electron chi connectivity index (χ3n) is 2.39. The fraction of sp³-hybridized carbons (Fsp3) is 0.429. The van der Waals surface area contributed by atoms with Gasteiger partial charge in [0, 0.05) is 11.3 Å². The van der Waals surface area contributed by atoms with Gasteiger partial charge in [-0.2, -0.15) is 0 Å². The van der Waals surface area contributed by atoms with Crippen molar-refractivity contribution in [2.45, 2.75) is 32.5 Å². The number of benzene rings is 1. The van der Waals surface area contributed by atoms with E-state index in [1.165, 1.54) is 18.2 Å². The summed E-state index contributed by atoms with van der Waals surface area (Å²) in [5.74, 6) is -1.21. The molecule has 116 valence electrons. The molecule has 0 bridgehead atoms. The van der Waals surface area contributed by atoms with Crippen LogP contribution >= 0.6 is 0 Å². The van der Waals surface area contributed by atoms with E-state index in [2.05, 4.69) is 10.1 Å². The number of aliphatic hydroxyl groups excluding tert-OH is 1. The Labute approximate surface area is 122 Å². The first-order valence-electron chi connectivity index (χ1n) is 6.23. The van der Waals surface area contributed by atoms with Gasteiger partial charge in [-0.15, -0.1) is 0 Å². The maximum Gasteiger partial charge on any atom is 0.412 e. The Balaban J connectivity index is 2.92. The number of hydrogen-bond donors (Lipinski definition) is 3. The lowest BCUT2D eigenvalue weighted by Gasteiger charge is -2.20. The number of amides is 1. The molecule has 0 aliphatic heterocycles. The Hall–Kier alpha value is -2.28. The first kappa shape index (κ1) is 16.8. The molecular weight excluding hydrogens is 278 g/mol. The van der Waals surface area contributed by atoms with Gasteiger partial charge in [0.1, 0.15) is 11.4 Å². The summed E-state index contributed by atoms with van der Waals surface area (Å²) in [6.07, 6.45) is -2.33. The van der Waals surface area contributed by atoms with Crippen LogP contribution in [0.15, 0.2) is 18.2 Å². The van der Waals surface area contributed by atoms with E-state index in [0.717, 1.165) is 7.11 Å². The predicted octanol–water partition coefficient (Wildman–Crippen LogP) is 1.95. The third kappa shape index (κ3) is 4.96. The zero-order valence-corrected chi connectivity index (χ0v) is 12.3. The van der Waals surface area contributed by atoms with E-state index in [-0.39, 0.29) is 17.0 Å². The van der Waals surface area contributed by atoms with Gasteiger partial charge in [-0.1, -0.05) is 0 Å². The van der Waals surface area contributed by atoms with Crippen LogP contribution in [0.25, 0.3) is 0 Å². The van der Waals surface area contributed by atoms with Gasteiger partial charge in [0.2, 0.25) is 0 Å². The number of ether oxygens (including phenoxy) is 2. The van der Waals surface area contributed by atoms with E-state index in [0.29, 0.717) is 0 Å². The number of hydrogen-bond acceptors (Lipinski definition) is 6. The van der Waals surface area contributed by atoms with Crippen molar-refractivity contribution >= 4 is 17.7 Å². The fourth-order valence-corrected chi connectivity index (χ4v) is 1.51. The number of carbonyl (C=O) groups is 2. The number of phenols is 1. The summed E-state index contributed by atoms with van der Waals surface area (Å²) in [4.78, 5) is 22.9. The van der Waals surface area contributed by atoms with E-state index in [1.54, 1.807) is 20.8 Å². The zero-order valence-electron chi connectivity index (χ0n) is 12.3. The number of rotatable bonds is 3.